The normalized spacial score (nSPS) is 10.6. The molecule has 1 N–H and O–H groups in total. The van der Waals surface area contributed by atoms with Crippen LogP contribution in [-0.4, -0.2) is 27.4 Å². The first-order valence-corrected chi connectivity index (χ1v) is 8.68. The lowest BCUT2D eigenvalue weighted by atomic mass is 10.2. The first kappa shape index (κ1) is 17.5. The van der Waals surface area contributed by atoms with Crippen molar-refractivity contribution in [3.63, 3.8) is 0 Å². The summed E-state index contributed by atoms with van der Waals surface area (Å²) in [5, 5.41) is 2.85. The number of nitrogens with one attached hydrogen (secondary N) is 1. The van der Waals surface area contributed by atoms with Crippen LogP contribution in [0.25, 0.3) is 5.65 Å². The van der Waals surface area contributed by atoms with Gasteiger partial charge in [-0.1, -0.05) is 6.07 Å². The van der Waals surface area contributed by atoms with Gasteiger partial charge in [0.1, 0.15) is 12.3 Å². The van der Waals surface area contributed by atoms with Gasteiger partial charge in [-0.25, -0.2) is 4.98 Å². The molecule has 0 atom stereocenters. The van der Waals surface area contributed by atoms with Gasteiger partial charge >= 0.3 is 0 Å². The highest BCUT2D eigenvalue weighted by atomic mass is 16.5. The smallest absolute Gasteiger partial charge is 0.255 e. The molecule has 28 heavy (non-hydrogen) atoms. The summed E-state index contributed by atoms with van der Waals surface area (Å²) in [5.41, 5.74) is 2.77. The van der Waals surface area contributed by atoms with Crippen molar-refractivity contribution in [1.29, 1.82) is 0 Å². The number of hydrogen-bond acceptors (Lipinski definition) is 5. The number of ether oxygens (including phenoxy) is 2. The van der Waals surface area contributed by atoms with Crippen molar-refractivity contribution in [3.8, 4) is 11.5 Å². The van der Waals surface area contributed by atoms with E-state index in [4.69, 9.17) is 9.47 Å². The van der Waals surface area contributed by atoms with Gasteiger partial charge < -0.3 is 19.2 Å². The zero-order valence-electron chi connectivity index (χ0n) is 15.2. The molecule has 7 nitrogen and oxygen atoms in total. The maximum Gasteiger partial charge on any atom is 0.255 e. The molecule has 0 aliphatic carbocycles. The molecule has 1 amide bonds. The predicted octanol–water partition coefficient (Wildman–Crippen LogP) is 3.57. The molecule has 0 spiro atoms. The van der Waals surface area contributed by atoms with Crippen molar-refractivity contribution in [1.82, 2.24) is 14.4 Å². The number of carbonyl (C=O) groups is 1. The van der Waals surface area contributed by atoms with Crippen LogP contribution in [-0.2, 0) is 6.61 Å². The Morgan fingerprint density at radius 3 is 2.75 bits per heavy atom. The van der Waals surface area contributed by atoms with Crippen molar-refractivity contribution in [2.75, 3.05) is 12.4 Å². The van der Waals surface area contributed by atoms with Gasteiger partial charge in [-0.3, -0.25) is 9.78 Å². The number of nitrogens with zero attached hydrogens (tertiary/aromatic N) is 3. The third-order valence-electron chi connectivity index (χ3n) is 4.15. The van der Waals surface area contributed by atoms with Gasteiger partial charge in [-0.2, -0.15) is 0 Å². The van der Waals surface area contributed by atoms with Crippen molar-refractivity contribution in [2.24, 2.45) is 0 Å². The summed E-state index contributed by atoms with van der Waals surface area (Å²) >= 11 is 0. The fourth-order valence-corrected chi connectivity index (χ4v) is 2.78. The predicted molar refractivity (Wildman–Crippen MR) is 105 cm³/mol. The van der Waals surface area contributed by atoms with Gasteiger partial charge in [0, 0.05) is 42.1 Å². The number of anilines is 1. The molecule has 4 rings (SSSR count). The molecule has 140 valence electrons. The summed E-state index contributed by atoms with van der Waals surface area (Å²) in [6.07, 6.45) is 7.00. The molecule has 7 heteroatoms. The fourth-order valence-electron chi connectivity index (χ4n) is 2.78. The number of hydrogen-bond donors (Lipinski definition) is 1. The number of carbonyl (C=O) groups excluding carboxylic acids is 1. The molecule has 0 saturated heterocycles. The van der Waals surface area contributed by atoms with Gasteiger partial charge in [0.2, 0.25) is 0 Å². The second-order valence-electron chi connectivity index (χ2n) is 6.04. The minimum atomic E-state index is -0.223. The van der Waals surface area contributed by atoms with Crippen LogP contribution in [0.3, 0.4) is 0 Å². The number of imidazole rings is 1. The third-order valence-corrected chi connectivity index (χ3v) is 4.15. The molecular formula is C21H18N4O3. The van der Waals surface area contributed by atoms with E-state index in [0.717, 1.165) is 11.3 Å². The van der Waals surface area contributed by atoms with Gasteiger partial charge in [-0.05, 0) is 36.4 Å². The van der Waals surface area contributed by atoms with E-state index >= 15 is 0 Å². The second-order valence-corrected chi connectivity index (χ2v) is 6.04. The highest BCUT2D eigenvalue weighted by molar-refractivity contribution is 6.04. The molecule has 0 fully saturated rings. The van der Waals surface area contributed by atoms with Gasteiger partial charge in [0.15, 0.2) is 11.5 Å². The van der Waals surface area contributed by atoms with Gasteiger partial charge in [-0.15, -0.1) is 0 Å². The number of amides is 1. The van der Waals surface area contributed by atoms with E-state index in [1.165, 1.54) is 0 Å². The molecule has 3 heterocycles. The summed E-state index contributed by atoms with van der Waals surface area (Å²) in [5.74, 6) is 0.872. The van der Waals surface area contributed by atoms with E-state index in [9.17, 15) is 4.79 Å². The van der Waals surface area contributed by atoms with Gasteiger partial charge in [0.05, 0.1) is 12.8 Å². The molecule has 4 aromatic rings. The van der Waals surface area contributed by atoms with Crippen molar-refractivity contribution >= 4 is 17.2 Å². The van der Waals surface area contributed by atoms with E-state index in [-0.39, 0.29) is 12.5 Å². The number of rotatable bonds is 6. The number of benzene rings is 1. The van der Waals surface area contributed by atoms with E-state index in [1.807, 2.05) is 35.0 Å². The van der Waals surface area contributed by atoms with Crippen molar-refractivity contribution < 1.29 is 14.3 Å². The Bertz CT molecular complexity index is 1080. The van der Waals surface area contributed by atoms with Crippen LogP contribution in [0.5, 0.6) is 11.5 Å². The van der Waals surface area contributed by atoms with E-state index in [2.05, 4.69) is 15.3 Å². The molecule has 0 bridgehead atoms. The van der Waals surface area contributed by atoms with Gasteiger partial charge in [0.25, 0.3) is 5.91 Å². The molecule has 0 saturated carbocycles. The minimum Gasteiger partial charge on any atom is -0.493 e. The van der Waals surface area contributed by atoms with E-state index < -0.39 is 0 Å². The number of methoxy groups -OCH3 is 1. The average molecular weight is 374 g/mol. The van der Waals surface area contributed by atoms with E-state index in [1.54, 1.807) is 49.8 Å². The van der Waals surface area contributed by atoms with Crippen LogP contribution in [0.1, 0.15) is 16.1 Å². The Kier molecular flexibility index (Phi) is 4.88. The number of fused-ring (bicyclic) bond motifs is 1. The number of pyridine rings is 2. The monoisotopic (exact) mass is 374 g/mol. The average Bonchev–Trinajstić information content (AvgIpc) is 3.16. The van der Waals surface area contributed by atoms with Crippen LogP contribution in [0, 0.1) is 0 Å². The Balaban J connectivity index is 1.50. The molecule has 1 aromatic carbocycles. The Morgan fingerprint density at radius 2 is 1.96 bits per heavy atom. The van der Waals surface area contributed by atoms with Crippen molar-refractivity contribution in [3.05, 3.63) is 84.6 Å². The van der Waals surface area contributed by atoms with Crippen LogP contribution in [0.2, 0.25) is 0 Å². The SMILES string of the molecule is COc1ccc(NC(=O)c2ccncc2)cc1OCc1cn2ccccc2n1. The van der Waals surface area contributed by atoms with E-state index in [0.29, 0.717) is 22.7 Å². The van der Waals surface area contributed by atoms with Crippen LogP contribution in [0.15, 0.2) is 73.3 Å². The lowest BCUT2D eigenvalue weighted by Gasteiger charge is -2.12. The first-order chi connectivity index (χ1) is 13.7. The summed E-state index contributed by atoms with van der Waals surface area (Å²) in [4.78, 5) is 20.8. The Labute approximate surface area is 161 Å². The minimum absolute atomic E-state index is 0.223. The third kappa shape index (κ3) is 3.78. The molecule has 0 aliphatic heterocycles. The highest BCUT2D eigenvalue weighted by Gasteiger charge is 2.11. The maximum atomic E-state index is 12.3. The Hall–Kier alpha value is -3.87. The van der Waals surface area contributed by atoms with Crippen molar-refractivity contribution in [2.45, 2.75) is 6.61 Å². The van der Waals surface area contributed by atoms with Crippen LogP contribution < -0.4 is 14.8 Å². The van der Waals surface area contributed by atoms with Crippen LogP contribution in [0.4, 0.5) is 5.69 Å². The lowest BCUT2D eigenvalue weighted by molar-refractivity contribution is 0.102. The molecule has 0 unspecified atom stereocenters. The molecule has 0 aliphatic rings. The summed E-state index contributed by atoms with van der Waals surface area (Å²) in [7, 11) is 1.57. The standard InChI is InChI=1S/C21H18N4O3/c1-27-18-6-5-16(24-21(26)15-7-9-22-10-8-15)12-19(18)28-14-17-13-25-11-3-2-4-20(25)23-17/h2-13H,14H2,1H3,(H,24,26). The Morgan fingerprint density at radius 1 is 1.11 bits per heavy atom. The second kappa shape index (κ2) is 7.79. The summed E-state index contributed by atoms with van der Waals surface area (Å²) in [6, 6.07) is 14.4. The molecule has 0 radical (unpaired) electrons. The topological polar surface area (TPSA) is 77.8 Å². The molecule has 3 aromatic heterocycles. The highest BCUT2D eigenvalue weighted by Crippen LogP contribution is 2.31. The lowest BCUT2D eigenvalue weighted by Crippen LogP contribution is -2.12. The largest absolute Gasteiger partial charge is 0.493 e. The fraction of sp³-hybridized carbons (Fsp3) is 0.0952. The maximum absolute atomic E-state index is 12.3. The summed E-state index contributed by atoms with van der Waals surface area (Å²) in [6.45, 7) is 0.278. The van der Waals surface area contributed by atoms with Crippen LogP contribution >= 0.6 is 0 Å². The zero-order chi connectivity index (χ0) is 19.3. The summed E-state index contributed by atoms with van der Waals surface area (Å²) < 4.78 is 13.2. The zero-order valence-corrected chi connectivity index (χ0v) is 15.2. The first-order valence-electron chi connectivity index (χ1n) is 8.68. The molecular weight excluding hydrogens is 356 g/mol. The quantitative estimate of drug-likeness (QED) is 0.558. The number of aromatic nitrogens is 3.